The largest absolute Gasteiger partial charge is 0.357 e. The summed E-state index contributed by atoms with van der Waals surface area (Å²) in [5.41, 5.74) is 7.04. The summed E-state index contributed by atoms with van der Waals surface area (Å²) in [6.45, 7) is 4.08. The van der Waals surface area contributed by atoms with E-state index in [0.717, 1.165) is 25.9 Å². The van der Waals surface area contributed by atoms with Gasteiger partial charge in [0.1, 0.15) is 6.04 Å². The molecular weight excluding hydrogens is 320 g/mol. The molecule has 2 aliphatic rings. The summed E-state index contributed by atoms with van der Waals surface area (Å²) in [5.74, 6) is 0.253. The predicted octanol–water partition coefficient (Wildman–Crippen LogP) is 0.0631. The van der Waals surface area contributed by atoms with Crippen LogP contribution in [0.2, 0.25) is 0 Å². The maximum atomic E-state index is 12.9. The lowest BCUT2D eigenvalue weighted by Gasteiger charge is -2.27. The third-order valence-corrected chi connectivity index (χ3v) is 4.98. The Balaban J connectivity index is 1.80. The average molecular weight is 346 g/mol. The average Bonchev–Trinajstić information content (AvgIpc) is 3.03. The Bertz CT molecular complexity index is 659. The van der Waals surface area contributed by atoms with Crippen LogP contribution in [0.15, 0.2) is 6.20 Å². The fourth-order valence-corrected chi connectivity index (χ4v) is 3.57. The van der Waals surface area contributed by atoms with Crippen molar-refractivity contribution in [3.8, 4) is 0 Å². The smallest absolute Gasteiger partial charge is 0.258 e. The van der Waals surface area contributed by atoms with E-state index >= 15 is 0 Å². The summed E-state index contributed by atoms with van der Waals surface area (Å²) in [7, 11) is 1.57. The molecule has 0 aromatic carbocycles. The lowest BCUT2D eigenvalue weighted by atomic mass is 10.1. The van der Waals surface area contributed by atoms with E-state index in [2.05, 4.69) is 20.2 Å². The Morgan fingerprint density at radius 2 is 2.00 bits per heavy atom. The van der Waals surface area contributed by atoms with Crippen LogP contribution in [0.5, 0.6) is 0 Å². The first-order chi connectivity index (χ1) is 12.0. The van der Waals surface area contributed by atoms with Crippen LogP contribution >= 0.6 is 0 Å². The third kappa shape index (κ3) is 3.58. The molecule has 2 fully saturated rings. The van der Waals surface area contributed by atoms with Crippen LogP contribution in [0, 0.1) is 6.92 Å². The SMILES string of the molecule is CNC(=O)[C@@H]1C[C@H](N)CN1C(=O)c1cnc(N2CCCCC2)nc1C. The van der Waals surface area contributed by atoms with Crippen molar-refractivity contribution < 1.29 is 9.59 Å². The van der Waals surface area contributed by atoms with Crippen LogP contribution in [-0.2, 0) is 4.79 Å². The molecule has 3 N–H and O–H groups in total. The number of anilines is 1. The molecule has 2 atom stereocenters. The number of carbonyl (C=O) groups excluding carboxylic acids is 2. The third-order valence-electron chi connectivity index (χ3n) is 4.98. The molecule has 0 bridgehead atoms. The van der Waals surface area contributed by atoms with Gasteiger partial charge in [-0.2, -0.15) is 0 Å². The summed E-state index contributed by atoms with van der Waals surface area (Å²) in [6, 6.07) is -0.728. The Morgan fingerprint density at radius 1 is 1.28 bits per heavy atom. The van der Waals surface area contributed by atoms with Gasteiger partial charge in [0.25, 0.3) is 5.91 Å². The molecule has 8 nitrogen and oxygen atoms in total. The van der Waals surface area contributed by atoms with Gasteiger partial charge in [0.15, 0.2) is 0 Å². The fourth-order valence-electron chi connectivity index (χ4n) is 3.57. The zero-order valence-electron chi connectivity index (χ0n) is 14.9. The lowest BCUT2D eigenvalue weighted by Crippen LogP contribution is -2.45. The lowest BCUT2D eigenvalue weighted by molar-refractivity contribution is -0.124. The van der Waals surface area contributed by atoms with Crippen molar-refractivity contribution in [2.24, 2.45) is 5.73 Å². The van der Waals surface area contributed by atoms with E-state index in [9.17, 15) is 9.59 Å². The molecule has 2 amide bonds. The highest BCUT2D eigenvalue weighted by atomic mass is 16.2. The highest BCUT2D eigenvalue weighted by Gasteiger charge is 2.38. The maximum absolute atomic E-state index is 12.9. The molecule has 1 aromatic rings. The monoisotopic (exact) mass is 346 g/mol. The van der Waals surface area contributed by atoms with Gasteiger partial charge >= 0.3 is 0 Å². The van der Waals surface area contributed by atoms with Crippen molar-refractivity contribution in [3.05, 3.63) is 17.5 Å². The summed E-state index contributed by atoms with van der Waals surface area (Å²) in [5, 5.41) is 2.60. The first kappa shape index (κ1) is 17.6. The predicted molar refractivity (Wildman–Crippen MR) is 94.3 cm³/mol. The van der Waals surface area contributed by atoms with E-state index in [4.69, 9.17) is 5.73 Å². The van der Waals surface area contributed by atoms with Crippen molar-refractivity contribution >= 4 is 17.8 Å². The zero-order chi connectivity index (χ0) is 18.0. The van der Waals surface area contributed by atoms with Crippen LogP contribution < -0.4 is 16.0 Å². The Labute approximate surface area is 147 Å². The summed E-state index contributed by atoms with van der Waals surface area (Å²) < 4.78 is 0. The first-order valence-electron chi connectivity index (χ1n) is 8.88. The molecule has 136 valence electrons. The number of nitrogens with one attached hydrogen (secondary N) is 1. The van der Waals surface area contributed by atoms with E-state index < -0.39 is 6.04 Å². The minimum Gasteiger partial charge on any atom is -0.357 e. The van der Waals surface area contributed by atoms with Gasteiger partial charge in [-0.15, -0.1) is 0 Å². The highest BCUT2D eigenvalue weighted by molar-refractivity contribution is 5.98. The number of hydrogen-bond acceptors (Lipinski definition) is 6. The van der Waals surface area contributed by atoms with Crippen LogP contribution in [0.4, 0.5) is 5.95 Å². The molecule has 3 heterocycles. The van der Waals surface area contributed by atoms with Crippen LogP contribution in [0.3, 0.4) is 0 Å². The molecular formula is C17H26N6O2. The number of piperidine rings is 1. The number of amides is 2. The maximum Gasteiger partial charge on any atom is 0.258 e. The number of rotatable bonds is 3. The van der Waals surface area contributed by atoms with E-state index in [1.165, 1.54) is 11.3 Å². The van der Waals surface area contributed by atoms with Crippen molar-refractivity contribution in [2.45, 2.75) is 44.7 Å². The van der Waals surface area contributed by atoms with Crippen LogP contribution in [-0.4, -0.2) is 65.4 Å². The fraction of sp³-hybridized carbons (Fsp3) is 0.647. The van der Waals surface area contributed by atoms with Gasteiger partial charge in [-0.05, 0) is 32.6 Å². The molecule has 0 unspecified atom stereocenters. The van der Waals surface area contributed by atoms with E-state index in [-0.39, 0.29) is 17.9 Å². The standard InChI is InChI=1S/C17H26N6O2/c1-11-13(9-20-17(21-11)22-6-4-3-5-7-22)16(25)23-10-12(18)8-14(23)15(24)19-2/h9,12,14H,3-8,10,18H2,1-2H3,(H,19,24)/t12-,14-/m0/s1. The quantitative estimate of drug-likeness (QED) is 0.802. The van der Waals surface area contributed by atoms with Crippen molar-refractivity contribution in [3.63, 3.8) is 0 Å². The second-order valence-corrected chi connectivity index (χ2v) is 6.80. The van der Waals surface area contributed by atoms with Crippen LogP contribution in [0.1, 0.15) is 41.7 Å². The molecule has 0 aliphatic carbocycles. The molecule has 1 aromatic heterocycles. The van der Waals surface area contributed by atoms with Crippen LogP contribution in [0.25, 0.3) is 0 Å². The van der Waals surface area contributed by atoms with Gasteiger partial charge in [0.05, 0.1) is 11.3 Å². The minimum atomic E-state index is -0.534. The number of nitrogens with two attached hydrogens (primary N) is 1. The van der Waals surface area contributed by atoms with Gasteiger partial charge in [0, 0.05) is 38.9 Å². The molecule has 0 saturated carbocycles. The number of hydrogen-bond donors (Lipinski definition) is 2. The summed E-state index contributed by atoms with van der Waals surface area (Å²) >= 11 is 0. The van der Waals surface area contributed by atoms with Gasteiger partial charge < -0.3 is 20.9 Å². The number of nitrogens with zero attached hydrogens (tertiary/aromatic N) is 4. The van der Waals surface area contributed by atoms with Gasteiger partial charge in [0.2, 0.25) is 11.9 Å². The van der Waals surface area contributed by atoms with E-state index in [0.29, 0.717) is 30.2 Å². The minimum absolute atomic E-state index is 0.190. The van der Waals surface area contributed by atoms with E-state index in [1.807, 2.05) is 6.92 Å². The number of aromatic nitrogens is 2. The molecule has 25 heavy (non-hydrogen) atoms. The summed E-state index contributed by atoms with van der Waals surface area (Å²) in [6.07, 6.45) is 5.57. The number of aryl methyl sites for hydroxylation is 1. The first-order valence-corrected chi connectivity index (χ1v) is 8.88. The normalized spacial score (nSPS) is 23.6. The van der Waals surface area contributed by atoms with Gasteiger partial charge in [-0.25, -0.2) is 9.97 Å². The molecule has 8 heteroatoms. The van der Waals surface area contributed by atoms with E-state index in [1.54, 1.807) is 13.2 Å². The Kier molecular flexibility index (Phi) is 5.17. The zero-order valence-corrected chi connectivity index (χ0v) is 14.9. The highest BCUT2D eigenvalue weighted by Crippen LogP contribution is 2.22. The molecule has 2 aliphatic heterocycles. The Hall–Kier alpha value is -2.22. The van der Waals surface area contributed by atoms with Gasteiger partial charge in [-0.1, -0.05) is 0 Å². The molecule has 2 saturated heterocycles. The molecule has 0 radical (unpaired) electrons. The molecule has 3 rings (SSSR count). The van der Waals surface area contributed by atoms with Crippen molar-refractivity contribution in [1.82, 2.24) is 20.2 Å². The second kappa shape index (κ2) is 7.35. The molecule has 0 spiro atoms. The Morgan fingerprint density at radius 3 is 2.64 bits per heavy atom. The number of carbonyl (C=O) groups is 2. The van der Waals surface area contributed by atoms with Crippen molar-refractivity contribution in [2.75, 3.05) is 31.6 Å². The topological polar surface area (TPSA) is 104 Å². The van der Waals surface area contributed by atoms with Gasteiger partial charge in [-0.3, -0.25) is 9.59 Å². The summed E-state index contributed by atoms with van der Waals surface area (Å²) in [4.78, 5) is 37.6. The number of likely N-dealkylation sites (tertiary alicyclic amines) is 1. The second-order valence-electron chi connectivity index (χ2n) is 6.80. The van der Waals surface area contributed by atoms with Crippen molar-refractivity contribution in [1.29, 1.82) is 0 Å². The number of likely N-dealkylation sites (N-methyl/N-ethyl adjacent to an activating group) is 1.